The van der Waals surface area contributed by atoms with E-state index in [1.807, 2.05) is 20.8 Å². The number of likely N-dealkylation sites (tertiary alicyclic amines) is 1. The third-order valence-corrected chi connectivity index (χ3v) is 9.39. The Morgan fingerprint density at radius 1 is 1.20 bits per heavy atom. The molecule has 4 aromatic rings. The van der Waals surface area contributed by atoms with Crippen LogP contribution in [0.2, 0.25) is 25.7 Å². The molecule has 1 aliphatic heterocycles. The second-order valence-corrected chi connectivity index (χ2v) is 18.7. The van der Waals surface area contributed by atoms with Crippen LogP contribution in [0, 0.1) is 11.2 Å². The van der Waals surface area contributed by atoms with Gasteiger partial charge in [-0.15, -0.1) is 0 Å². The Hall–Kier alpha value is -3.58. The molecular weight excluding hydrogens is 545 g/mol. The number of imidazole rings is 2. The molecule has 0 aliphatic carbocycles. The van der Waals surface area contributed by atoms with Crippen LogP contribution >= 0.6 is 0 Å². The van der Waals surface area contributed by atoms with Crippen molar-refractivity contribution in [2.75, 3.05) is 13.2 Å². The average Bonchev–Trinajstić information content (AvgIpc) is 3.42. The van der Waals surface area contributed by atoms with Crippen molar-refractivity contribution in [3.63, 3.8) is 0 Å². The number of carboxylic acid groups (broad SMARTS) is 1. The van der Waals surface area contributed by atoms with E-state index in [1.54, 1.807) is 27.4 Å². The molecular formula is C28H38FN7O4Si. The van der Waals surface area contributed by atoms with E-state index in [0.717, 1.165) is 6.04 Å². The van der Waals surface area contributed by atoms with Gasteiger partial charge in [0.05, 0.1) is 24.5 Å². The molecule has 220 valence electrons. The Morgan fingerprint density at radius 2 is 1.95 bits per heavy atom. The zero-order chi connectivity index (χ0) is 29.7. The topological polar surface area (TPSA) is 120 Å². The van der Waals surface area contributed by atoms with Crippen molar-refractivity contribution < 1.29 is 19.0 Å². The van der Waals surface area contributed by atoms with Gasteiger partial charge < -0.3 is 14.7 Å². The molecule has 1 amide bonds. The van der Waals surface area contributed by atoms with Crippen LogP contribution in [0.15, 0.2) is 35.5 Å². The molecule has 41 heavy (non-hydrogen) atoms. The summed E-state index contributed by atoms with van der Waals surface area (Å²) in [4.78, 5) is 41.6. The summed E-state index contributed by atoms with van der Waals surface area (Å²) in [5, 5.41) is 10.1. The first-order chi connectivity index (χ1) is 19.3. The van der Waals surface area contributed by atoms with E-state index >= 15 is 0 Å². The maximum absolute atomic E-state index is 14.1. The van der Waals surface area contributed by atoms with E-state index in [2.05, 4.69) is 29.6 Å². The summed E-state index contributed by atoms with van der Waals surface area (Å²) in [6.07, 6.45) is 4.68. The summed E-state index contributed by atoms with van der Waals surface area (Å²) >= 11 is 0. The van der Waals surface area contributed by atoms with Crippen molar-refractivity contribution in [2.24, 2.45) is 5.41 Å². The van der Waals surface area contributed by atoms with Crippen LogP contribution < -0.4 is 5.69 Å². The maximum Gasteiger partial charge on any atom is 0.407 e. The lowest BCUT2D eigenvalue weighted by atomic mass is 9.77. The molecule has 5 rings (SSSR count). The van der Waals surface area contributed by atoms with E-state index in [9.17, 15) is 19.1 Å². The summed E-state index contributed by atoms with van der Waals surface area (Å²) in [6.45, 7) is 13.7. The summed E-state index contributed by atoms with van der Waals surface area (Å²) in [5.41, 5.74) is 1.10. The number of hydrogen-bond acceptors (Lipinski definition) is 6. The van der Waals surface area contributed by atoms with Crippen molar-refractivity contribution in [1.29, 1.82) is 0 Å². The van der Waals surface area contributed by atoms with Crippen molar-refractivity contribution in [1.82, 2.24) is 33.4 Å². The van der Waals surface area contributed by atoms with Crippen LogP contribution in [-0.4, -0.2) is 71.9 Å². The summed E-state index contributed by atoms with van der Waals surface area (Å²) in [7, 11) is -1.34. The standard InChI is InChI=1S/C28H38FN7O4Si/c1-28(2,3)23-19(8-7-11-33(23)27(38)39)36-25-21(35(26(36)37)17-40-12-13-41(4,5)6)15-31-24(32-25)20-14-30-22-10-9-18(29)16-34(20)22/h9-10,14-16,19,23H,7-8,11-13,17H2,1-6H3,(H,38,39). The number of amides is 1. The van der Waals surface area contributed by atoms with Crippen molar-refractivity contribution in [2.45, 2.75) is 78.1 Å². The predicted octanol–water partition coefficient (Wildman–Crippen LogP) is 5.09. The Balaban J connectivity index is 1.67. The Labute approximate surface area is 238 Å². The van der Waals surface area contributed by atoms with Gasteiger partial charge in [0.15, 0.2) is 11.5 Å². The van der Waals surface area contributed by atoms with Crippen molar-refractivity contribution >= 4 is 31.0 Å². The summed E-state index contributed by atoms with van der Waals surface area (Å²) < 4.78 is 24.8. The van der Waals surface area contributed by atoms with Gasteiger partial charge in [-0.3, -0.25) is 13.5 Å². The summed E-state index contributed by atoms with van der Waals surface area (Å²) in [5.74, 6) is -0.153. The van der Waals surface area contributed by atoms with Crippen molar-refractivity contribution in [3.8, 4) is 11.5 Å². The Bertz CT molecular complexity index is 1650. The number of piperidine rings is 1. The number of rotatable bonds is 7. The van der Waals surface area contributed by atoms with Gasteiger partial charge in [0, 0.05) is 27.4 Å². The molecule has 11 nitrogen and oxygen atoms in total. The monoisotopic (exact) mass is 583 g/mol. The van der Waals surface area contributed by atoms with Gasteiger partial charge >= 0.3 is 11.8 Å². The van der Waals surface area contributed by atoms with Crippen LogP contribution in [0.25, 0.3) is 28.3 Å². The van der Waals surface area contributed by atoms with Gasteiger partial charge in [0.25, 0.3) is 0 Å². The zero-order valence-electron chi connectivity index (χ0n) is 24.5. The fourth-order valence-corrected chi connectivity index (χ4v) is 6.52. The van der Waals surface area contributed by atoms with Crippen LogP contribution in [0.3, 0.4) is 0 Å². The van der Waals surface area contributed by atoms with E-state index in [0.29, 0.717) is 48.5 Å². The number of aromatic nitrogens is 6. The number of carbonyl (C=O) groups is 1. The molecule has 1 aliphatic rings. The van der Waals surface area contributed by atoms with Crippen molar-refractivity contribution in [3.05, 3.63) is 47.0 Å². The molecule has 2 unspecified atom stereocenters. The minimum Gasteiger partial charge on any atom is -0.465 e. The van der Waals surface area contributed by atoms with Crippen LogP contribution in [0.4, 0.5) is 9.18 Å². The van der Waals surface area contributed by atoms with Gasteiger partial charge in [-0.25, -0.2) is 28.9 Å². The molecule has 1 fully saturated rings. The third kappa shape index (κ3) is 5.64. The highest BCUT2D eigenvalue weighted by Crippen LogP contribution is 2.39. The molecule has 0 saturated carbocycles. The molecule has 0 spiro atoms. The van der Waals surface area contributed by atoms with Gasteiger partial charge in [-0.1, -0.05) is 40.4 Å². The largest absolute Gasteiger partial charge is 0.465 e. The Kier molecular flexibility index (Phi) is 7.53. The molecule has 1 N–H and O–H groups in total. The quantitative estimate of drug-likeness (QED) is 0.238. The van der Waals surface area contributed by atoms with Gasteiger partial charge in [-0.2, -0.15) is 0 Å². The van der Waals surface area contributed by atoms with Crippen LogP contribution in [-0.2, 0) is 11.5 Å². The first-order valence-corrected chi connectivity index (χ1v) is 17.6. The highest BCUT2D eigenvalue weighted by atomic mass is 28.3. The molecule has 0 aromatic carbocycles. The lowest BCUT2D eigenvalue weighted by Crippen LogP contribution is -2.55. The highest BCUT2D eigenvalue weighted by molar-refractivity contribution is 6.76. The molecule has 2 atom stereocenters. The molecule has 5 heterocycles. The van der Waals surface area contributed by atoms with E-state index in [-0.39, 0.29) is 18.2 Å². The fourth-order valence-electron chi connectivity index (χ4n) is 5.76. The van der Waals surface area contributed by atoms with Crippen LogP contribution in [0.5, 0.6) is 0 Å². The zero-order valence-corrected chi connectivity index (χ0v) is 25.5. The van der Waals surface area contributed by atoms with Gasteiger partial charge in [0.1, 0.15) is 29.4 Å². The summed E-state index contributed by atoms with van der Waals surface area (Å²) in [6, 6.07) is 2.92. The highest BCUT2D eigenvalue weighted by Gasteiger charge is 2.44. The molecule has 1 saturated heterocycles. The molecule has 0 radical (unpaired) electrons. The first kappa shape index (κ1) is 28.9. The number of halogens is 1. The van der Waals surface area contributed by atoms with E-state index in [4.69, 9.17) is 9.72 Å². The number of fused-ring (bicyclic) bond motifs is 2. The molecule has 13 heteroatoms. The minimum atomic E-state index is -1.34. The van der Waals surface area contributed by atoms with E-state index in [1.165, 1.54) is 21.7 Å². The Morgan fingerprint density at radius 3 is 2.63 bits per heavy atom. The average molecular weight is 584 g/mol. The normalized spacial score (nSPS) is 18.5. The molecule has 4 aromatic heterocycles. The first-order valence-electron chi connectivity index (χ1n) is 13.9. The smallest absolute Gasteiger partial charge is 0.407 e. The SMILES string of the molecule is CC(C)(C)C1C(n2c(=O)n(COCC[Si](C)(C)C)c3cnc(-c4cnc5ccc(F)cn45)nc32)CCCN1C(=O)O. The number of pyridine rings is 1. The maximum atomic E-state index is 14.1. The predicted molar refractivity (Wildman–Crippen MR) is 156 cm³/mol. The number of hydrogen-bond donors (Lipinski definition) is 1. The minimum absolute atomic E-state index is 0.0336. The van der Waals surface area contributed by atoms with Gasteiger partial charge in [0.2, 0.25) is 0 Å². The number of nitrogens with zero attached hydrogens (tertiary/aromatic N) is 7. The van der Waals surface area contributed by atoms with Gasteiger partial charge in [-0.05, 0) is 36.4 Å². The van der Waals surface area contributed by atoms with Crippen LogP contribution in [0.1, 0.15) is 39.7 Å². The number of ether oxygens (including phenoxy) is 1. The molecule has 0 bridgehead atoms. The second-order valence-electron chi connectivity index (χ2n) is 13.0. The lowest BCUT2D eigenvalue weighted by Gasteiger charge is -2.46. The lowest BCUT2D eigenvalue weighted by molar-refractivity contribution is 0.0263. The fraction of sp³-hybridized carbons (Fsp3) is 0.536. The van der Waals surface area contributed by atoms with E-state index < -0.39 is 37.5 Å². The third-order valence-electron chi connectivity index (χ3n) is 7.69. The second kappa shape index (κ2) is 10.7.